The summed E-state index contributed by atoms with van der Waals surface area (Å²) in [7, 11) is 0. The molecular formula is C14H23N3O4. The molecule has 7 heteroatoms. The van der Waals surface area contributed by atoms with E-state index < -0.39 is 23.6 Å². The molecule has 7 nitrogen and oxygen atoms in total. The van der Waals surface area contributed by atoms with Gasteiger partial charge in [-0.25, -0.2) is 0 Å². The number of carbonyl (C=O) groups is 3. The maximum atomic E-state index is 12.6. The van der Waals surface area contributed by atoms with Crippen molar-refractivity contribution in [3.05, 3.63) is 0 Å². The number of nitrogens with zero attached hydrogens (tertiary/aromatic N) is 2. The highest BCUT2D eigenvalue weighted by molar-refractivity contribution is 6.00. The van der Waals surface area contributed by atoms with E-state index in [2.05, 4.69) is 0 Å². The molecule has 2 aliphatic heterocycles. The molecule has 0 radical (unpaired) electrons. The number of aliphatic hydroxyl groups excluding tert-OH is 1. The van der Waals surface area contributed by atoms with Crippen molar-refractivity contribution in [1.82, 2.24) is 9.80 Å². The summed E-state index contributed by atoms with van der Waals surface area (Å²) in [6.07, 6.45) is 0.347. The van der Waals surface area contributed by atoms with Gasteiger partial charge in [0.15, 0.2) is 0 Å². The minimum Gasteiger partial charge on any atom is -0.391 e. The van der Waals surface area contributed by atoms with Crippen molar-refractivity contribution in [3.63, 3.8) is 0 Å². The lowest BCUT2D eigenvalue weighted by atomic mass is 9.83. The summed E-state index contributed by atoms with van der Waals surface area (Å²) in [4.78, 5) is 39.2. The second-order valence-corrected chi connectivity index (χ2v) is 6.30. The number of primary amides is 1. The summed E-state index contributed by atoms with van der Waals surface area (Å²) >= 11 is 0. The first-order valence-electron chi connectivity index (χ1n) is 7.32. The molecule has 0 unspecified atom stereocenters. The highest BCUT2D eigenvalue weighted by atomic mass is 16.3. The number of β-lactam (4-membered cyclic amide) rings is 1. The normalized spacial score (nSPS) is 28.0. The van der Waals surface area contributed by atoms with Crippen molar-refractivity contribution in [3.8, 4) is 0 Å². The minimum absolute atomic E-state index is 0.0480. The summed E-state index contributed by atoms with van der Waals surface area (Å²) in [5.74, 6) is -1.23. The summed E-state index contributed by atoms with van der Waals surface area (Å²) < 4.78 is 0. The van der Waals surface area contributed by atoms with Crippen LogP contribution in [0.1, 0.15) is 33.6 Å². The maximum Gasteiger partial charge on any atom is 0.251 e. The Morgan fingerprint density at radius 1 is 1.33 bits per heavy atom. The Morgan fingerprint density at radius 2 is 1.95 bits per heavy atom. The minimum atomic E-state index is -1.03. The molecule has 0 aromatic carbocycles. The average molecular weight is 297 g/mol. The molecule has 0 aliphatic carbocycles. The second-order valence-electron chi connectivity index (χ2n) is 6.30. The van der Waals surface area contributed by atoms with Crippen LogP contribution in [0.25, 0.3) is 0 Å². The van der Waals surface area contributed by atoms with Gasteiger partial charge in [-0.05, 0) is 19.8 Å². The van der Waals surface area contributed by atoms with Crippen LogP contribution in [-0.4, -0.2) is 63.4 Å². The summed E-state index contributed by atoms with van der Waals surface area (Å²) in [6, 6.07) is -1.03. The van der Waals surface area contributed by atoms with E-state index in [0.29, 0.717) is 13.0 Å². The third-order valence-electron chi connectivity index (χ3n) is 4.42. The average Bonchev–Trinajstić information content (AvgIpc) is 2.82. The first-order valence-corrected chi connectivity index (χ1v) is 7.32. The Labute approximate surface area is 124 Å². The van der Waals surface area contributed by atoms with E-state index in [0.717, 1.165) is 6.42 Å². The van der Waals surface area contributed by atoms with Gasteiger partial charge in [-0.3, -0.25) is 14.4 Å². The summed E-state index contributed by atoms with van der Waals surface area (Å²) in [5, 5.41) is 9.66. The zero-order chi connectivity index (χ0) is 15.9. The standard InChI is InChI=1S/C14H23N3O4/c1-8(2)12(20)17-6-4-5-14(17)7-16(13(14)21)10(9(3)18)11(15)19/h8-10,18H,4-7H2,1-3H3,(H2,15,19)/t9-,10+,14-/m0/s1. The molecule has 3 atom stereocenters. The fourth-order valence-corrected chi connectivity index (χ4v) is 3.37. The molecular weight excluding hydrogens is 274 g/mol. The van der Waals surface area contributed by atoms with Gasteiger partial charge in [-0.2, -0.15) is 0 Å². The molecule has 3 amide bonds. The van der Waals surface area contributed by atoms with E-state index >= 15 is 0 Å². The number of aliphatic hydroxyl groups is 1. The second kappa shape index (κ2) is 5.29. The van der Waals surface area contributed by atoms with Crippen molar-refractivity contribution >= 4 is 17.7 Å². The molecule has 0 bridgehead atoms. The number of carbonyl (C=O) groups excluding carboxylic acids is 3. The fourth-order valence-electron chi connectivity index (χ4n) is 3.37. The smallest absolute Gasteiger partial charge is 0.251 e. The van der Waals surface area contributed by atoms with Gasteiger partial charge in [-0.1, -0.05) is 13.8 Å². The predicted molar refractivity (Wildman–Crippen MR) is 74.9 cm³/mol. The van der Waals surface area contributed by atoms with Crippen LogP contribution in [0.2, 0.25) is 0 Å². The van der Waals surface area contributed by atoms with Gasteiger partial charge >= 0.3 is 0 Å². The Balaban J connectivity index is 2.20. The van der Waals surface area contributed by atoms with Crippen molar-refractivity contribution in [2.24, 2.45) is 11.7 Å². The molecule has 0 saturated carbocycles. The number of likely N-dealkylation sites (tertiary alicyclic amines) is 2. The van der Waals surface area contributed by atoms with Crippen molar-refractivity contribution in [2.75, 3.05) is 13.1 Å². The fraction of sp³-hybridized carbons (Fsp3) is 0.786. The van der Waals surface area contributed by atoms with Gasteiger partial charge in [-0.15, -0.1) is 0 Å². The third-order valence-corrected chi connectivity index (χ3v) is 4.42. The van der Waals surface area contributed by atoms with Crippen LogP contribution in [-0.2, 0) is 14.4 Å². The van der Waals surface area contributed by atoms with Crippen LogP contribution in [0.5, 0.6) is 0 Å². The lowest BCUT2D eigenvalue weighted by molar-refractivity contribution is -0.176. The summed E-state index contributed by atoms with van der Waals surface area (Å²) in [6.45, 7) is 5.86. The van der Waals surface area contributed by atoms with E-state index in [9.17, 15) is 19.5 Å². The van der Waals surface area contributed by atoms with E-state index in [1.165, 1.54) is 11.8 Å². The third kappa shape index (κ3) is 2.29. The number of nitrogens with two attached hydrogens (primary N) is 1. The quantitative estimate of drug-likeness (QED) is 0.655. The molecule has 2 heterocycles. The number of hydrogen-bond acceptors (Lipinski definition) is 4. The lowest BCUT2D eigenvalue weighted by Crippen LogP contribution is -2.77. The molecule has 3 N–H and O–H groups in total. The summed E-state index contributed by atoms with van der Waals surface area (Å²) in [5.41, 5.74) is 4.44. The van der Waals surface area contributed by atoms with Crippen molar-refractivity contribution in [2.45, 2.75) is 51.3 Å². The SMILES string of the molecule is CC(C)C(=O)N1CCC[C@@]12CN([C@@H](C(N)=O)[C@H](C)O)C2=O. The van der Waals surface area contributed by atoms with Gasteiger partial charge in [0, 0.05) is 12.5 Å². The largest absolute Gasteiger partial charge is 0.391 e. The highest BCUT2D eigenvalue weighted by Crippen LogP contribution is 2.41. The van der Waals surface area contributed by atoms with E-state index in [1.54, 1.807) is 18.7 Å². The number of amides is 3. The van der Waals surface area contributed by atoms with Crippen LogP contribution in [0.15, 0.2) is 0 Å². The Bertz CT molecular complexity index is 477. The highest BCUT2D eigenvalue weighted by Gasteiger charge is 2.62. The van der Waals surface area contributed by atoms with Crippen LogP contribution in [0, 0.1) is 5.92 Å². The van der Waals surface area contributed by atoms with Crippen LogP contribution in [0.3, 0.4) is 0 Å². The molecule has 2 fully saturated rings. The molecule has 1 spiro atoms. The van der Waals surface area contributed by atoms with Gasteiger partial charge in [0.05, 0.1) is 12.6 Å². The van der Waals surface area contributed by atoms with Crippen molar-refractivity contribution < 1.29 is 19.5 Å². The molecule has 2 aliphatic rings. The zero-order valence-electron chi connectivity index (χ0n) is 12.7. The Hall–Kier alpha value is -1.63. The van der Waals surface area contributed by atoms with Gasteiger partial charge < -0.3 is 20.6 Å². The first kappa shape index (κ1) is 15.8. The van der Waals surface area contributed by atoms with Crippen LogP contribution in [0.4, 0.5) is 0 Å². The topological polar surface area (TPSA) is 104 Å². The van der Waals surface area contributed by atoms with Crippen LogP contribution < -0.4 is 5.73 Å². The molecule has 0 aromatic rings. The van der Waals surface area contributed by atoms with E-state index in [-0.39, 0.29) is 24.3 Å². The Morgan fingerprint density at radius 3 is 2.38 bits per heavy atom. The van der Waals surface area contributed by atoms with Gasteiger partial charge in [0.2, 0.25) is 11.8 Å². The van der Waals surface area contributed by atoms with Gasteiger partial charge in [0.1, 0.15) is 11.6 Å². The van der Waals surface area contributed by atoms with Crippen molar-refractivity contribution in [1.29, 1.82) is 0 Å². The molecule has 2 saturated heterocycles. The molecule has 0 aromatic heterocycles. The monoisotopic (exact) mass is 297 g/mol. The van der Waals surface area contributed by atoms with Gasteiger partial charge in [0.25, 0.3) is 5.91 Å². The number of hydrogen-bond donors (Lipinski definition) is 2. The number of rotatable bonds is 4. The molecule has 21 heavy (non-hydrogen) atoms. The van der Waals surface area contributed by atoms with Crippen LogP contribution >= 0.6 is 0 Å². The molecule has 2 rings (SSSR count). The van der Waals surface area contributed by atoms with E-state index in [4.69, 9.17) is 5.73 Å². The predicted octanol–water partition coefficient (Wildman–Crippen LogP) is -0.919. The first-order chi connectivity index (χ1) is 9.72. The van der Waals surface area contributed by atoms with E-state index in [1.807, 2.05) is 0 Å². The maximum absolute atomic E-state index is 12.6. The molecule has 118 valence electrons. The zero-order valence-corrected chi connectivity index (χ0v) is 12.7. The lowest BCUT2D eigenvalue weighted by Gasteiger charge is -2.53. The Kier molecular flexibility index (Phi) is 3.97.